The molecule has 208 valence electrons. The maximum Gasteiger partial charge on any atom is 0.409 e. The smallest absolute Gasteiger partial charge is 0.409 e. The molecule has 12 heteroatoms. The number of hydrogen-bond acceptors (Lipinski definition) is 8. The number of carbonyl (C=O) groups excluding carboxylic acids is 3. The molecule has 0 spiro atoms. The van der Waals surface area contributed by atoms with Gasteiger partial charge in [0.25, 0.3) is 5.91 Å². The Morgan fingerprint density at radius 1 is 0.975 bits per heavy atom. The Balaban J connectivity index is 1.57. The number of nitrogens with one attached hydrogen (secondary N) is 1. The molecule has 2 aromatic heterocycles. The summed E-state index contributed by atoms with van der Waals surface area (Å²) in [4.78, 5) is 66.4. The fourth-order valence-corrected chi connectivity index (χ4v) is 4.24. The van der Waals surface area contributed by atoms with E-state index in [1.807, 2.05) is 30.3 Å². The average Bonchev–Trinajstić information content (AvgIpc) is 2.99. The molecule has 0 saturated carbocycles. The molecule has 1 aromatic carbocycles. The minimum absolute atomic E-state index is 0.0213. The molecule has 3 amide bonds. The number of ether oxygens (including phenoxy) is 1. The number of carbonyl (C=O) groups is 4. The second-order valence-corrected chi connectivity index (χ2v) is 9.04. The quantitative estimate of drug-likeness (QED) is 0.412. The number of pyridine rings is 1. The van der Waals surface area contributed by atoms with Crippen LogP contribution >= 0.6 is 0 Å². The maximum absolute atomic E-state index is 13.5. The molecule has 1 atom stereocenters. The first-order valence-electron chi connectivity index (χ1n) is 12.9. The van der Waals surface area contributed by atoms with Gasteiger partial charge in [-0.1, -0.05) is 30.3 Å². The van der Waals surface area contributed by atoms with E-state index in [1.54, 1.807) is 31.5 Å². The second kappa shape index (κ2) is 13.3. The standard InChI is InChI=1S/C28H30N6O6/c1-2-40-28(39)34-15-13-33(14-16-34)27(38)21(10-11-24(35)36)32-26(37)23-17-22(20-9-6-12-29-18-20)30-25(31-23)19-7-4-3-5-8-19/h3-9,12,17-18,21H,2,10-11,13-16H2,1H3,(H,32,37)(H,35,36)/t21-/m0/s1. The molecule has 4 rings (SSSR count). The van der Waals surface area contributed by atoms with Gasteiger partial charge >= 0.3 is 12.1 Å². The van der Waals surface area contributed by atoms with Crippen LogP contribution in [0.3, 0.4) is 0 Å². The van der Waals surface area contributed by atoms with Crippen molar-refractivity contribution in [1.29, 1.82) is 0 Å². The lowest BCUT2D eigenvalue weighted by molar-refractivity contribution is -0.138. The highest BCUT2D eigenvalue weighted by molar-refractivity contribution is 5.97. The number of nitrogens with zero attached hydrogens (tertiary/aromatic N) is 5. The number of benzene rings is 1. The van der Waals surface area contributed by atoms with Crippen molar-refractivity contribution in [3.05, 3.63) is 66.6 Å². The van der Waals surface area contributed by atoms with Crippen LogP contribution in [0.4, 0.5) is 4.79 Å². The molecule has 0 radical (unpaired) electrons. The van der Waals surface area contributed by atoms with Gasteiger partial charge in [0.15, 0.2) is 5.82 Å². The lowest BCUT2D eigenvalue weighted by Gasteiger charge is -2.35. The van der Waals surface area contributed by atoms with E-state index >= 15 is 0 Å². The monoisotopic (exact) mass is 546 g/mol. The van der Waals surface area contributed by atoms with Crippen LogP contribution in [0.1, 0.15) is 30.3 Å². The molecule has 0 unspecified atom stereocenters. The number of aromatic nitrogens is 3. The number of hydrogen-bond donors (Lipinski definition) is 2. The van der Waals surface area contributed by atoms with Crippen LogP contribution in [0.15, 0.2) is 60.9 Å². The summed E-state index contributed by atoms with van der Waals surface area (Å²) in [6.45, 7) is 2.96. The lowest BCUT2D eigenvalue weighted by Crippen LogP contribution is -2.56. The summed E-state index contributed by atoms with van der Waals surface area (Å²) in [6.07, 6.45) is 2.37. The zero-order valence-electron chi connectivity index (χ0n) is 22.0. The van der Waals surface area contributed by atoms with Gasteiger partial charge in [0.1, 0.15) is 11.7 Å². The van der Waals surface area contributed by atoms with Gasteiger partial charge in [-0.05, 0) is 31.5 Å². The van der Waals surface area contributed by atoms with Crippen molar-refractivity contribution >= 4 is 23.9 Å². The molecule has 3 heterocycles. The molecule has 3 aromatic rings. The average molecular weight is 547 g/mol. The first kappa shape index (κ1) is 28.1. The van der Waals surface area contributed by atoms with Crippen molar-refractivity contribution in [3.8, 4) is 22.6 Å². The van der Waals surface area contributed by atoms with E-state index < -0.39 is 29.9 Å². The van der Waals surface area contributed by atoms with Crippen LogP contribution in [-0.4, -0.2) is 92.6 Å². The van der Waals surface area contributed by atoms with E-state index in [-0.39, 0.29) is 51.3 Å². The molecule has 1 aliphatic rings. The van der Waals surface area contributed by atoms with Crippen molar-refractivity contribution < 1.29 is 29.0 Å². The normalized spacial score (nSPS) is 13.8. The molecule has 2 N–H and O–H groups in total. The predicted molar refractivity (Wildman–Crippen MR) is 144 cm³/mol. The molecule has 1 fully saturated rings. The van der Waals surface area contributed by atoms with Crippen molar-refractivity contribution in [2.75, 3.05) is 32.8 Å². The summed E-state index contributed by atoms with van der Waals surface area (Å²) in [5.74, 6) is -1.84. The highest BCUT2D eigenvalue weighted by Gasteiger charge is 2.31. The number of carboxylic acid groups (broad SMARTS) is 1. The number of rotatable bonds is 9. The second-order valence-electron chi connectivity index (χ2n) is 9.04. The highest BCUT2D eigenvalue weighted by Crippen LogP contribution is 2.22. The molecule has 0 bridgehead atoms. The molecule has 12 nitrogen and oxygen atoms in total. The largest absolute Gasteiger partial charge is 0.481 e. The first-order chi connectivity index (χ1) is 19.4. The van der Waals surface area contributed by atoms with Crippen LogP contribution in [0.5, 0.6) is 0 Å². The van der Waals surface area contributed by atoms with Gasteiger partial charge in [0.2, 0.25) is 5.91 Å². The van der Waals surface area contributed by atoms with Crippen molar-refractivity contribution in [1.82, 2.24) is 30.1 Å². The Morgan fingerprint density at radius 3 is 2.33 bits per heavy atom. The van der Waals surface area contributed by atoms with E-state index in [0.29, 0.717) is 22.6 Å². The lowest BCUT2D eigenvalue weighted by atomic mass is 10.1. The maximum atomic E-state index is 13.5. The zero-order chi connectivity index (χ0) is 28.5. The van der Waals surface area contributed by atoms with Crippen LogP contribution in [-0.2, 0) is 14.3 Å². The summed E-state index contributed by atoms with van der Waals surface area (Å²) in [5.41, 5.74) is 1.86. The Morgan fingerprint density at radius 2 is 1.68 bits per heavy atom. The molecule has 0 aliphatic carbocycles. The Labute approximate surface area is 231 Å². The minimum Gasteiger partial charge on any atom is -0.481 e. The van der Waals surface area contributed by atoms with Gasteiger partial charge in [-0.2, -0.15) is 0 Å². The Kier molecular flexibility index (Phi) is 9.34. The minimum atomic E-state index is -1.10. The highest BCUT2D eigenvalue weighted by atomic mass is 16.6. The number of carboxylic acids is 1. The Bertz CT molecular complexity index is 1290. The number of piperazine rings is 1. The van der Waals surface area contributed by atoms with Crippen molar-refractivity contribution in [2.24, 2.45) is 0 Å². The van der Waals surface area contributed by atoms with Crippen LogP contribution in [0.2, 0.25) is 0 Å². The Hall–Kier alpha value is -4.87. The molecule has 1 aliphatic heterocycles. The zero-order valence-corrected chi connectivity index (χ0v) is 22.0. The molecular formula is C28H30N6O6. The van der Waals surface area contributed by atoms with Crippen LogP contribution in [0.25, 0.3) is 22.6 Å². The van der Waals surface area contributed by atoms with Gasteiger partial charge in [-0.25, -0.2) is 14.8 Å². The first-order valence-corrected chi connectivity index (χ1v) is 12.9. The van der Waals surface area contributed by atoms with Gasteiger partial charge < -0.3 is 25.0 Å². The number of aliphatic carboxylic acids is 1. The number of amides is 3. The third kappa shape index (κ3) is 7.16. The summed E-state index contributed by atoms with van der Waals surface area (Å²) < 4.78 is 5.02. The molecular weight excluding hydrogens is 516 g/mol. The summed E-state index contributed by atoms with van der Waals surface area (Å²) >= 11 is 0. The topological polar surface area (TPSA) is 155 Å². The van der Waals surface area contributed by atoms with E-state index in [0.717, 1.165) is 0 Å². The van der Waals surface area contributed by atoms with Crippen LogP contribution in [0, 0.1) is 0 Å². The third-order valence-corrected chi connectivity index (χ3v) is 6.32. The van der Waals surface area contributed by atoms with Gasteiger partial charge in [-0.3, -0.25) is 19.4 Å². The van der Waals surface area contributed by atoms with Gasteiger partial charge in [-0.15, -0.1) is 0 Å². The summed E-state index contributed by atoms with van der Waals surface area (Å²) in [6, 6.07) is 13.1. The SMILES string of the molecule is CCOC(=O)N1CCN(C(=O)[C@H](CCC(=O)O)NC(=O)c2cc(-c3cccnc3)nc(-c3ccccc3)n2)CC1. The van der Waals surface area contributed by atoms with Gasteiger partial charge in [0, 0.05) is 56.1 Å². The third-order valence-electron chi connectivity index (χ3n) is 6.32. The fraction of sp³-hybridized carbons (Fsp3) is 0.321. The molecule has 1 saturated heterocycles. The van der Waals surface area contributed by atoms with E-state index in [4.69, 9.17) is 4.74 Å². The van der Waals surface area contributed by atoms with E-state index in [1.165, 1.54) is 15.9 Å². The van der Waals surface area contributed by atoms with E-state index in [9.17, 15) is 24.3 Å². The fourth-order valence-electron chi connectivity index (χ4n) is 4.24. The van der Waals surface area contributed by atoms with Gasteiger partial charge in [0.05, 0.1) is 12.3 Å². The summed E-state index contributed by atoms with van der Waals surface area (Å²) in [7, 11) is 0. The summed E-state index contributed by atoms with van der Waals surface area (Å²) in [5, 5.41) is 11.9. The van der Waals surface area contributed by atoms with E-state index in [2.05, 4.69) is 20.3 Å². The van der Waals surface area contributed by atoms with Crippen LogP contribution < -0.4 is 5.32 Å². The molecule has 40 heavy (non-hydrogen) atoms. The van der Waals surface area contributed by atoms with Crippen molar-refractivity contribution in [3.63, 3.8) is 0 Å². The van der Waals surface area contributed by atoms with Crippen molar-refractivity contribution in [2.45, 2.75) is 25.8 Å². The predicted octanol–water partition coefficient (Wildman–Crippen LogP) is 2.47.